The van der Waals surface area contributed by atoms with Crippen LogP contribution in [0.5, 0.6) is 0 Å². The van der Waals surface area contributed by atoms with Gasteiger partial charge in [-0.1, -0.05) is 0 Å². The van der Waals surface area contributed by atoms with Gasteiger partial charge in [0.15, 0.2) is 0 Å². The van der Waals surface area contributed by atoms with Crippen LogP contribution in [0.15, 0.2) is 0 Å². The van der Waals surface area contributed by atoms with Crippen LogP contribution >= 0.6 is 0 Å². The third kappa shape index (κ3) is 6.65. The molecule has 1 saturated heterocycles. The van der Waals surface area contributed by atoms with Crippen LogP contribution in [0.25, 0.3) is 0 Å². The molecule has 1 aliphatic rings. The van der Waals surface area contributed by atoms with E-state index in [4.69, 9.17) is 9.84 Å². The van der Waals surface area contributed by atoms with Crippen LogP contribution in [0, 0.1) is 0 Å². The lowest BCUT2D eigenvalue weighted by molar-refractivity contribution is 0.0354. The van der Waals surface area contributed by atoms with E-state index in [0.29, 0.717) is 19.4 Å². The highest BCUT2D eigenvalue weighted by Crippen LogP contribution is 2.01. The Balaban J connectivity index is 2.26. The molecular weight excluding hydrogens is 256 g/mol. The summed E-state index contributed by atoms with van der Waals surface area (Å²) in [7, 11) is -3.22. The van der Waals surface area contributed by atoms with Crippen molar-refractivity contribution in [2.75, 3.05) is 45.2 Å². The van der Waals surface area contributed by atoms with Crippen LogP contribution < -0.4 is 4.72 Å². The van der Waals surface area contributed by atoms with Gasteiger partial charge in [-0.25, -0.2) is 13.1 Å². The Labute approximate surface area is 109 Å². The molecule has 1 unspecified atom stereocenters. The van der Waals surface area contributed by atoms with E-state index in [1.807, 2.05) is 6.92 Å². The van der Waals surface area contributed by atoms with E-state index < -0.39 is 10.0 Å². The number of sulfonamides is 1. The molecule has 0 aromatic rings. The van der Waals surface area contributed by atoms with Crippen molar-refractivity contribution in [1.82, 2.24) is 9.62 Å². The summed E-state index contributed by atoms with van der Waals surface area (Å²) in [5, 5.41) is 8.63. The number of nitrogens with zero attached hydrogens (tertiary/aromatic N) is 1. The number of morpholine rings is 1. The fraction of sp³-hybridized carbons (Fsp3) is 1.00. The van der Waals surface area contributed by atoms with Gasteiger partial charge in [-0.15, -0.1) is 0 Å². The minimum atomic E-state index is -3.22. The number of aliphatic hydroxyl groups is 1. The number of hydrogen-bond acceptors (Lipinski definition) is 5. The maximum absolute atomic E-state index is 11.7. The Kier molecular flexibility index (Phi) is 7.10. The molecular formula is C11H24N2O4S. The van der Waals surface area contributed by atoms with Gasteiger partial charge in [0.2, 0.25) is 10.0 Å². The van der Waals surface area contributed by atoms with Crippen LogP contribution in [0.3, 0.4) is 0 Å². The highest BCUT2D eigenvalue weighted by atomic mass is 32.2. The van der Waals surface area contributed by atoms with Crippen molar-refractivity contribution in [3.63, 3.8) is 0 Å². The van der Waals surface area contributed by atoms with Gasteiger partial charge in [0, 0.05) is 32.3 Å². The number of unbranched alkanes of at least 4 members (excludes halogenated alkanes) is 1. The first-order valence-corrected chi connectivity index (χ1v) is 8.09. The van der Waals surface area contributed by atoms with Crippen LogP contribution in [0.4, 0.5) is 0 Å². The van der Waals surface area contributed by atoms with E-state index in [1.54, 1.807) is 0 Å². The van der Waals surface area contributed by atoms with Gasteiger partial charge in [0.25, 0.3) is 0 Å². The van der Waals surface area contributed by atoms with E-state index in [9.17, 15) is 8.42 Å². The molecule has 1 fully saturated rings. The normalized spacial score (nSPS) is 19.9. The predicted octanol–water partition coefficient (Wildman–Crippen LogP) is -0.601. The molecule has 0 aromatic carbocycles. The van der Waals surface area contributed by atoms with E-state index in [-0.39, 0.29) is 18.4 Å². The number of aliphatic hydroxyl groups excluding tert-OH is 1. The molecule has 18 heavy (non-hydrogen) atoms. The zero-order chi connectivity index (χ0) is 13.4. The van der Waals surface area contributed by atoms with Gasteiger partial charge >= 0.3 is 0 Å². The van der Waals surface area contributed by atoms with Crippen molar-refractivity contribution in [1.29, 1.82) is 0 Å². The highest BCUT2D eigenvalue weighted by Gasteiger charge is 2.18. The molecule has 1 aliphatic heterocycles. The lowest BCUT2D eigenvalue weighted by Crippen LogP contribution is -2.46. The Morgan fingerprint density at radius 2 is 2.00 bits per heavy atom. The van der Waals surface area contributed by atoms with Crippen molar-refractivity contribution >= 4 is 10.0 Å². The molecule has 1 rings (SSSR count). The second kappa shape index (κ2) is 8.06. The zero-order valence-corrected chi connectivity index (χ0v) is 11.8. The summed E-state index contributed by atoms with van der Waals surface area (Å²) >= 11 is 0. The van der Waals surface area contributed by atoms with Gasteiger partial charge in [-0.05, 0) is 19.8 Å². The first kappa shape index (κ1) is 15.8. The minimum absolute atomic E-state index is 0.0405. The molecule has 0 amide bonds. The maximum atomic E-state index is 11.7. The van der Waals surface area contributed by atoms with Crippen molar-refractivity contribution < 1.29 is 18.3 Å². The van der Waals surface area contributed by atoms with Crippen LogP contribution in [0.2, 0.25) is 0 Å². The van der Waals surface area contributed by atoms with E-state index >= 15 is 0 Å². The molecule has 7 heteroatoms. The predicted molar refractivity (Wildman–Crippen MR) is 70.0 cm³/mol. The Morgan fingerprint density at radius 3 is 2.61 bits per heavy atom. The van der Waals surface area contributed by atoms with Crippen LogP contribution in [-0.4, -0.2) is 69.7 Å². The van der Waals surface area contributed by atoms with Crippen molar-refractivity contribution in [3.05, 3.63) is 0 Å². The third-order valence-electron chi connectivity index (χ3n) is 2.84. The quantitative estimate of drug-likeness (QED) is 0.580. The molecule has 2 N–H and O–H groups in total. The number of hydrogen-bond donors (Lipinski definition) is 2. The molecule has 0 spiro atoms. The van der Waals surface area contributed by atoms with Gasteiger partial charge in [-0.3, -0.25) is 4.90 Å². The summed E-state index contributed by atoms with van der Waals surface area (Å²) in [6, 6.07) is -0.0952. The fourth-order valence-electron chi connectivity index (χ4n) is 1.98. The summed E-state index contributed by atoms with van der Waals surface area (Å²) in [5.41, 5.74) is 0. The molecule has 108 valence electrons. The summed E-state index contributed by atoms with van der Waals surface area (Å²) in [5.74, 6) is 0.0843. The summed E-state index contributed by atoms with van der Waals surface area (Å²) in [6.07, 6.45) is 1.02. The fourth-order valence-corrected chi connectivity index (χ4v) is 3.37. The van der Waals surface area contributed by atoms with Crippen molar-refractivity contribution in [2.45, 2.75) is 25.8 Å². The second-order valence-electron chi connectivity index (χ2n) is 4.68. The van der Waals surface area contributed by atoms with Gasteiger partial charge in [0.1, 0.15) is 0 Å². The Bertz CT molecular complexity index is 315. The summed E-state index contributed by atoms with van der Waals surface area (Å²) in [4.78, 5) is 2.20. The molecule has 1 atom stereocenters. The molecule has 0 aromatic heterocycles. The number of ether oxygens (including phenoxy) is 1. The van der Waals surface area contributed by atoms with Gasteiger partial charge in [-0.2, -0.15) is 0 Å². The maximum Gasteiger partial charge on any atom is 0.211 e. The highest BCUT2D eigenvalue weighted by molar-refractivity contribution is 7.89. The zero-order valence-electron chi connectivity index (χ0n) is 11.0. The molecule has 0 bridgehead atoms. The van der Waals surface area contributed by atoms with Crippen molar-refractivity contribution in [2.24, 2.45) is 0 Å². The minimum Gasteiger partial charge on any atom is -0.396 e. The molecule has 6 nitrogen and oxygen atoms in total. The van der Waals surface area contributed by atoms with Crippen LogP contribution in [-0.2, 0) is 14.8 Å². The van der Waals surface area contributed by atoms with E-state index in [0.717, 1.165) is 26.3 Å². The monoisotopic (exact) mass is 280 g/mol. The first-order valence-electron chi connectivity index (χ1n) is 6.44. The average Bonchev–Trinajstić information content (AvgIpc) is 2.29. The standard InChI is InChI=1S/C11H24N2O4S/c1-11(10-13-4-7-17-8-5-13)12-18(15,16)9-3-2-6-14/h11-12,14H,2-10H2,1H3. The smallest absolute Gasteiger partial charge is 0.211 e. The molecule has 0 radical (unpaired) electrons. The molecule has 0 saturated carbocycles. The van der Waals surface area contributed by atoms with Gasteiger partial charge < -0.3 is 9.84 Å². The largest absolute Gasteiger partial charge is 0.396 e. The SMILES string of the molecule is CC(CN1CCOCC1)NS(=O)(=O)CCCCO. The topological polar surface area (TPSA) is 78.9 Å². The Morgan fingerprint density at radius 1 is 1.33 bits per heavy atom. The van der Waals surface area contributed by atoms with E-state index in [1.165, 1.54) is 0 Å². The number of nitrogens with one attached hydrogen (secondary N) is 1. The number of rotatable bonds is 8. The van der Waals surface area contributed by atoms with E-state index in [2.05, 4.69) is 9.62 Å². The lowest BCUT2D eigenvalue weighted by atomic mass is 10.3. The van der Waals surface area contributed by atoms with Gasteiger partial charge in [0.05, 0.1) is 19.0 Å². The van der Waals surface area contributed by atoms with Crippen molar-refractivity contribution in [3.8, 4) is 0 Å². The summed E-state index contributed by atoms with van der Waals surface area (Å²) in [6.45, 7) is 5.78. The molecule has 1 heterocycles. The Hall–Kier alpha value is -0.210. The molecule has 0 aliphatic carbocycles. The third-order valence-corrected chi connectivity index (χ3v) is 4.43. The average molecular weight is 280 g/mol. The first-order chi connectivity index (χ1) is 8.53. The second-order valence-corrected chi connectivity index (χ2v) is 6.55. The summed E-state index contributed by atoms with van der Waals surface area (Å²) < 4.78 is 31.4. The lowest BCUT2D eigenvalue weighted by Gasteiger charge is -2.29. The van der Waals surface area contributed by atoms with Crippen LogP contribution in [0.1, 0.15) is 19.8 Å².